The standard InChI is InChI=1S/C12H15BrN4O/c1-17-8-15-12(16-17)7-14-6-9-5-10(18-2)3-4-11(9)13/h3-5,8,14H,6-7H2,1-2H3. The molecule has 5 nitrogen and oxygen atoms in total. The Morgan fingerprint density at radius 3 is 2.89 bits per heavy atom. The van der Waals surface area contributed by atoms with Crippen molar-refractivity contribution in [1.82, 2.24) is 20.1 Å². The van der Waals surface area contributed by atoms with Crippen LogP contribution < -0.4 is 10.1 Å². The van der Waals surface area contributed by atoms with Gasteiger partial charge in [0.15, 0.2) is 5.82 Å². The molecule has 1 heterocycles. The van der Waals surface area contributed by atoms with Crippen molar-refractivity contribution >= 4 is 15.9 Å². The first kappa shape index (κ1) is 13.0. The lowest BCUT2D eigenvalue weighted by atomic mass is 10.2. The Balaban J connectivity index is 1.93. The van der Waals surface area contributed by atoms with Crippen LogP contribution in [0.5, 0.6) is 5.75 Å². The average Bonchev–Trinajstić information content (AvgIpc) is 2.77. The van der Waals surface area contributed by atoms with Crippen LogP contribution in [0.1, 0.15) is 11.4 Å². The second-order valence-corrected chi connectivity index (χ2v) is 4.75. The maximum atomic E-state index is 5.20. The third-order valence-corrected chi connectivity index (χ3v) is 3.27. The highest BCUT2D eigenvalue weighted by atomic mass is 79.9. The summed E-state index contributed by atoms with van der Waals surface area (Å²) in [5, 5.41) is 7.50. The van der Waals surface area contributed by atoms with Crippen LogP contribution in [0.4, 0.5) is 0 Å². The number of nitrogens with one attached hydrogen (secondary N) is 1. The molecule has 0 amide bonds. The normalized spacial score (nSPS) is 10.6. The van der Waals surface area contributed by atoms with Crippen molar-refractivity contribution in [3.05, 3.63) is 40.4 Å². The average molecular weight is 311 g/mol. The van der Waals surface area contributed by atoms with Crippen LogP contribution in [0, 0.1) is 0 Å². The molecule has 0 bridgehead atoms. The monoisotopic (exact) mass is 310 g/mol. The molecule has 0 aliphatic carbocycles. The highest BCUT2D eigenvalue weighted by Gasteiger charge is 2.03. The van der Waals surface area contributed by atoms with E-state index in [0.717, 1.165) is 28.2 Å². The van der Waals surface area contributed by atoms with Crippen LogP contribution in [0.2, 0.25) is 0 Å². The molecule has 1 aromatic carbocycles. The number of aromatic nitrogens is 3. The Bertz CT molecular complexity index is 527. The van der Waals surface area contributed by atoms with E-state index in [9.17, 15) is 0 Å². The molecule has 0 aliphatic rings. The first-order valence-corrected chi connectivity index (χ1v) is 6.36. The van der Waals surface area contributed by atoms with Crippen LogP contribution in [0.3, 0.4) is 0 Å². The van der Waals surface area contributed by atoms with E-state index in [4.69, 9.17) is 4.74 Å². The van der Waals surface area contributed by atoms with Gasteiger partial charge in [-0.2, -0.15) is 5.10 Å². The van der Waals surface area contributed by atoms with Crippen molar-refractivity contribution in [3.63, 3.8) is 0 Å². The maximum absolute atomic E-state index is 5.20. The molecule has 0 saturated carbocycles. The smallest absolute Gasteiger partial charge is 0.164 e. The summed E-state index contributed by atoms with van der Waals surface area (Å²) in [7, 11) is 3.52. The minimum Gasteiger partial charge on any atom is -0.497 e. The molecule has 0 fully saturated rings. The summed E-state index contributed by atoms with van der Waals surface area (Å²) >= 11 is 3.52. The highest BCUT2D eigenvalue weighted by Crippen LogP contribution is 2.22. The van der Waals surface area contributed by atoms with Crippen LogP contribution in [0.25, 0.3) is 0 Å². The van der Waals surface area contributed by atoms with Gasteiger partial charge in [0.25, 0.3) is 0 Å². The van der Waals surface area contributed by atoms with Gasteiger partial charge in [0, 0.05) is 18.1 Å². The zero-order chi connectivity index (χ0) is 13.0. The van der Waals surface area contributed by atoms with E-state index in [0.29, 0.717) is 6.54 Å². The van der Waals surface area contributed by atoms with Crippen LogP contribution in [0.15, 0.2) is 29.0 Å². The summed E-state index contributed by atoms with van der Waals surface area (Å²) < 4.78 is 7.95. The number of aryl methyl sites for hydroxylation is 1. The topological polar surface area (TPSA) is 52.0 Å². The van der Waals surface area contributed by atoms with E-state index in [2.05, 4.69) is 31.3 Å². The minimum absolute atomic E-state index is 0.643. The second kappa shape index (κ2) is 5.97. The molecule has 0 radical (unpaired) electrons. The fourth-order valence-corrected chi connectivity index (χ4v) is 1.97. The zero-order valence-electron chi connectivity index (χ0n) is 10.4. The lowest BCUT2D eigenvalue weighted by molar-refractivity contribution is 0.414. The largest absolute Gasteiger partial charge is 0.497 e. The summed E-state index contributed by atoms with van der Waals surface area (Å²) in [4.78, 5) is 4.16. The van der Waals surface area contributed by atoms with Crippen molar-refractivity contribution in [2.45, 2.75) is 13.1 Å². The maximum Gasteiger partial charge on any atom is 0.164 e. The van der Waals surface area contributed by atoms with Crippen molar-refractivity contribution in [2.24, 2.45) is 7.05 Å². The van der Waals surface area contributed by atoms with E-state index in [1.54, 1.807) is 18.1 Å². The second-order valence-electron chi connectivity index (χ2n) is 3.90. The molecule has 0 atom stereocenters. The van der Waals surface area contributed by atoms with Crippen molar-refractivity contribution in [2.75, 3.05) is 7.11 Å². The van der Waals surface area contributed by atoms with E-state index in [1.165, 1.54) is 0 Å². The van der Waals surface area contributed by atoms with Crippen LogP contribution in [-0.2, 0) is 20.1 Å². The number of hydrogen-bond donors (Lipinski definition) is 1. The highest BCUT2D eigenvalue weighted by molar-refractivity contribution is 9.10. The van der Waals surface area contributed by atoms with Gasteiger partial charge in [-0.25, -0.2) is 4.98 Å². The van der Waals surface area contributed by atoms with Crippen molar-refractivity contribution in [1.29, 1.82) is 0 Å². The van der Waals surface area contributed by atoms with Gasteiger partial charge >= 0.3 is 0 Å². The molecule has 6 heteroatoms. The predicted octanol–water partition coefficient (Wildman–Crippen LogP) is 1.88. The van der Waals surface area contributed by atoms with Gasteiger partial charge in [0.1, 0.15) is 12.1 Å². The first-order valence-electron chi connectivity index (χ1n) is 5.56. The fraction of sp³-hybridized carbons (Fsp3) is 0.333. The molecule has 0 unspecified atom stereocenters. The molecule has 2 aromatic rings. The Morgan fingerprint density at radius 1 is 1.39 bits per heavy atom. The number of hydrogen-bond acceptors (Lipinski definition) is 4. The molecule has 96 valence electrons. The van der Waals surface area contributed by atoms with Gasteiger partial charge in [0.05, 0.1) is 13.7 Å². The van der Waals surface area contributed by atoms with E-state index in [1.807, 2.05) is 25.2 Å². The van der Waals surface area contributed by atoms with Gasteiger partial charge in [-0.15, -0.1) is 0 Å². The summed E-state index contributed by atoms with van der Waals surface area (Å²) in [6, 6.07) is 5.91. The number of halogens is 1. The summed E-state index contributed by atoms with van der Waals surface area (Å²) in [6.45, 7) is 1.38. The molecule has 0 saturated heterocycles. The molecule has 0 spiro atoms. The molecule has 18 heavy (non-hydrogen) atoms. The van der Waals surface area contributed by atoms with Gasteiger partial charge < -0.3 is 10.1 Å². The van der Waals surface area contributed by atoms with E-state index < -0.39 is 0 Å². The number of rotatable bonds is 5. The molecule has 1 aromatic heterocycles. The Labute approximate surface area is 114 Å². The van der Waals surface area contributed by atoms with Gasteiger partial charge in [-0.3, -0.25) is 4.68 Å². The van der Waals surface area contributed by atoms with E-state index in [-0.39, 0.29) is 0 Å². The molecule has 1 N–H and O–H groups in total. The Hall–Kier alpha value is -1.40. The lowest BCUT2D eigenvalue weighted by Gasteiger charge is -2.07. The van der Waals surface area contributed by atoms with Gasteiger partial charge in [-0.05, 0) is 23.8 Å². The Kier molecular flexibility index (Phi) is 4.33. The minimum atomic E-state index is 0.643. The third-order valence-electron chi connectivity index (χ3n) is 2.50. The summed E-state index contributed by atoms with van der Waals surface area (Å²) in [5.41, 5.74) is 1.14. The van der Waals surface area contributed by atoms with Gasteiger partial charge in [0.2, 0.25) is 0 Å². The third kappa shape index (κ3) is 3.30. The van der Waals surface area contributed by atoms with Crippen LogP contribution in [-0.4, -0.2) is 21.9 Å². The zero-order valence-corrected chi connectivity index (χ0v) is 11.9. The molecule has 0 aliphatic heterocycles. The molecular weight excluding hydrogens is 296 g/mol. The van der Waals surface area contributed by atoms with Crippen molar-refractivity contribution in [3.8, 4) is 5.75 Å². The van der Waals surface area contributed by atoms with E-state index >= 15 is 0 Å². The SMILES string of the molecule is COc1ccc(Br)c(CNCc2ncn(C)n2)c1. The summed E-state index contributed by atoms with van der Waals surface area (Å²) in [6.07, 6.45) is 1.69. The lowest BCUT2D eigenvalue weighted by Crippen LogP contribution is -2.14. The van der Waals surface area contributed by atoms with Gasteiger partial charge in [-0.1, -0.05) is 15.9 Å². The predicted molar refractivity (Wildman–Crippen MR) is 72.2 cm³/mol. The molecular formula is C12H15BrN4O. The number of nitrogens with zero attached hydrogens (tertiary/aromatic N) is 3. The van der Waals surface area contributed by atoms with Crippen LogP contribution >= 0.6 is 15.9 Å². The number of benzene rings is 1. The molecule has 2 rings (SSSR count). The summed E-state index contributed by atoms with van der Waals surface area (Å²) in [5.74, 6) is 1.64. The number of methoxy groups -OCH3 is 1. The first-order chi connectivity index (χ1) is 8.69. The fourth-order valence-electron chi connectivity index (χ4n) is 1.59. The number of ether oxygens (including phenoxy) is 1. The Morgan fingerprint density at radius 2 is 2.22 bits per heavy atom. The quantitative estimate of drug-likeness (QED) is 0.916. The van der Waals surface area contributed by atoms with Crippen molar-refractivity contribution < 1.29 is 4.74 Å².